The molecular formula is C16H25N3O. The summed E-state index contributed by atoms with van der Waals surface area (Å²) in [5.41, 5.74) is 7.34. The molecule has 110 valence electrons. The summed E-state index contributed by atoms with van der Waals surface area (Å²) >= 11 is 0. The molecule has 2 N–H and O–H groups in total. The van der Waals surface area contributed by atoms with Crippen molar-refractivity contribution in [2.24, 2.45) is 11.1 Å². The van der Waals surface area contributed by atoms with Gasteiger partial charge < -0.3 is 15.4 Å². The summed E-state index contributed by atoms with van der Waals surface area (Å²) in [4.78, 5) is 6.96. The SMILES string of the molecule is NCC1CC2(CCN(CCc3ccccn3)CC2)CO1. The van der Waals surface area contributed by atoms with Gasteiger partial charge in [-0.3, -0.25) is 4.98 Å². The van der Waals surface area contributed by atoms with Gasteiger partial charge in [-0.15, -0.1) is 0 Å². The number of nitrogens with zero attached hydrogens (tertiary/aromatic N) is 2. The van der Waals surface area contributed by atoms with Crippen LogP contribution < -0.4 is 5.73 Å². The van der Waals surface area contributed by atoms with Crippen molar-refractivity contribution in [2.45, 2.75) is 31.8 Å². The molecule has 1 unspecified atom stereocenters. The first kappa shape index (κ1) is 14.0. The average molecular weight is 275 g/mol. The van der Waals surface area contributed by atoms with Gasteiger partial charge in [0.2, 0.25) is 0 Å². The molecule has 1 spiro atoms. The second kappa shape index (κ2) is 6.20. The van der Waals surface area contributed by atoms with E-state index in [-0.39, 0.29) is 0 Å². The Morgan fingerprint density at radius 3 is 2.85 bits per heavy atom. The second-order valence-electron chi connectivity index (χ2n) is 6.29. The highest BCUT2D eigenvalue weighted by molar-refractivity contribution is 5.04. The van der Waals surface area contributed by atoms with E-state index in [1.165, 1.54) is 31.6 Å². The molecule has 3 heterocycles. The van der Waals surface area contributed by atoms with Crippen LogP contribution in [0.25, 0.3) is 0 Å². The first-order valence-corrected chi connectivity index (χ1v) is 7.74. The molecule has 0 radical (unpaired) electrons. The maximum absolute atomic E-state index is 5.81. The van der Waals surface area contributed by atoms with Crippen LogP contribution in [0.15, 0.2) is 24.4 Å². The lowest BCUT2D eigenvalue weighted by Gasteiger charge is -2.38. The number of ether oxygens (including phenoxy) is 1. The maximum atomic E-state index is 5.81. The van der Waals surface area contributed by atoms with E-state index < -0.39 is 0 Å². The first-order chi connectivity index (χ1) is 9.80. The van der Waals surface area contributed by atoms with E-state index in [4.69, 9.17) is 10.5 Å². The maximum Gasteiger partial charge on any atom is 0.0703 e. The molecule has 0 aromatic carbocycles. The first-order valence-electron chi connectivity index (χ1n) is 7.74. The molecule has 2 fully saturated rings. The lowest BCUT2D eigenvalue weighted by atomic mass is 9.76. The van der Waals surface area contributed by atoms with E-state index in [2.05, 4.69) is 22.0 Å². The van der Waals surface area contributed by atoms with Gasteiger partial charge in [0.05, 0.1) is 12.7 Å². The number of rotatable bonds is 4. The number of hydrogen-bond acceptors (Lipinski definition) is 4. The van der Waals surface area contributed by atoms with Crippen LogP contribution >= 0.6 is 0 Å². The van der Waals surface area contributed by atoms with Crippen LogP contribution in [0.2, 0.25) is 0 Å². The number of likely N-dealkylation sites (tertiary alicyclic amines) is 1. The fraction of sp³-hybridized carbons (Fsp3) is 0.688. The van der Waals surface area contributed by atoms with Crippen molar-refractivity contribution in [2.75, 3.05) is 32.8 Å². The third-order valence-electron chi connectivity index (χ3n) is 4.88. The van der Waals surface area contributed by atoms with Crippen molar-refractivity contribution in [1.29, 1.82) is 0 Å². The molecule has 1 aromatic rings. The summed E-state index contributed by atoms with van der Waals surface area (Å²) in [5, 5.41) is 0. The molecule has 4 nitrogen and oxygen atoms in total. The number of aromatic nitrogens is 1. The van der Waals surface area contributed by atoms with Crippen molar-refractivity contribution in [3.63, 3.8) is 0 Å². The van der Waals surface area contributed by atoms with Crippen molar-refractivity contribution in [3.05, 3.63) is 30.1 Å². The summed E-state index contributed by atoms with van der Waals surface area (Å²) in [6, 6.07) is 6.15. The minimum atomic E-state index is 0.301. The lowest BCUT2D eigenvalue weighted by Crippen LogP contribution is -2.41. The van der Waals surface area contributed by atoms with Crippen LogP contribution in [0.3, 0.4) is 0 Å². The lowest BCUT2D eigenvalue weighted by molar-refractivity contribution is 0.0673. The van der Waals surface area contributed by atoms with Crippen LogP contribution in [0, 0.1) is 5.41 Å². The standard InChI is InChI=1S/C16H25N3O/c17-12-15-11-16(13-20-15)5-9-19(10-6-16)8-4-14-3-1-2-7-18-14/h1-3,7,15H,4-6,8-13,17H2. The van der Waals surface area contributed by atoms with Gasteiger partial charge >= 0.3 is 0 Å². The van der Waals surface area contributed by atoms with E-state index in [0.29, 0.717) is 18.1 Å². The van der Waals surface area contributed by atoms with E-state index in [9.17, 15) is 0 Å². The molecular weight excluding hydrogens is 250 g/mol. The van der Waals surface area contributed by atoms with E-state index in [0.717, 1.165) is 26.0 Å². The smallest absolute Gasteiger partial charge is 0.0703 e. The van der Waals surface area contributed by atoms with Crippen molar-refractivity contribution >= 4 is 0 Å². The Balaban J connectivity index is 1.45. The number of pyridine rings is 1. The predicted octanol–water partition coefficient (Wildman–Crippen LogP) is 1.45. The van der Waals surface area contributed by atoms with Crippen molar-refractivity contribution < 1.29 is 4.74 Å². The van der Waals surface area contributed by atoms with Crippen LogP contribution in [0.1, 0.15) is 25.0 Å². The fourth-order valence-corrected chi connectivity index (χ4v) is 3.46. The molecule has 1 atom stereocenters. The van der Waals surface area contributed by atoms with Gasteiger partial charge in [-0.2, -0.15) is 0 Å². The van der Waals surface area contributed by atoms with Gasteiger partial charge in [-0.25, -0.2) is 0 Å². The fourth-order valence-electron chi connectivity index (χ4n) is 3.46. The minimum Gasteiger partial charge on any atom is -0.376 e. The quantitative estimate of drug-likeness (QED) is 0.904. The summed E-state index contributed by atoms with van der Waals surface area (Å²) < 4.78 is 5.81. The molecule has 2 aliphatic heterocycles. The third-order valence-corrected chi connectivity index (χ3v) is 4.88. The highest BCUT2D eigenvalue weighted by Crippen LogP contribution is 2.41. The summed E-state index contributed by atoms with van der Waals surface area (Å²) in [6.07, 6.45) is 6.91. The van der Waals surface area contributed by atoms with Gasteiger partial charge in [0.1, 0.15) is 0 Å². The second-order valence-corrected chi connectivity index (χ2v) is 6.29. The third kappa shape index (κ3) is 3.19. The number of hydrogen-bond donors (Lipinski definition) is 1. The van der Waals surface area contributed by atoms with Gasteiger partial charge in [0.25, 0.3) is 0 Å². The molecule has 4 heteroatoms. The predicted molar refractivity (Wildman–Crippen MR) is 79.5 cm³/mol. The normalized spacial score (nSPS) is 26.1. The molecule has 0 bridgehead atoms. The molecule has 0 amide bonds. The van der Waals surface area contributed by atoms with E-state index in [1.54, 1.807) is 0 Å². The zero-order valence-corrected chi connectivity index (χ0v) is 12.1. The molecule has 3 rings (SSSR count). The molecule has 20 heavy (non-hydrogen) atoms. The zero-order chi connectivity index (χ0) is 13.8. The number of piperidine rings is 1. The van der Waals surface area contributed by atoms with E-state index in [1.807, 2.05) is 12.3 Å². The van der Waals surface area contributed by atoms with Crippen LogP contribution in [-0.4, -0.2) is 48.8 Å². The van der Waals surface area contributed by atoms with Crippen molar-refractivity contribution in [1.82, 2.24) is 9.88 Å². The molecule has 0 saturated carbocycles. The van der Waals surface area contributed by atoms with Crippen molar-refractivity contribution in [3.8, 4) is 0 Å². The highest BCUT2D eigenvalue weighted by atomic mass is 16.5. The van der Waals surface area contributed by atoms with Gasteiger partial charge in [-0.1, -0.05) is 6.07 Å². The molecule has 1 aromatic heterocycles. The van der Waals surface area contributed by atoms with Gasteiger partial charge in [0.15, 0.2) is 0 Å². The zero-order valence-electron chi connectivity index (χ0n) is 12.1. The summed E-state index contributed by atoms with van der Waals surface area (Å²) in [7, 11) is 0. The Bertz CT molecular complexity index is 415. The molecule has 0 aliphatic carbocycles. The summed E-state index contributed by atoms with van der Waals surface area (Å²) in [5.74, 6) is 0. The molecule has 2 saturated heterocycles. The Morgan fingerprint density at radius 2 is 2.20 bits per heavy atom. The van der Waals surface area contributed by atoms with Crippen LogP contribution in [0.4, 0.5) is 0 Å². The number of nitrogens with two attached hydrogens (primary N) is 1. The van der Waals surface area contributed by atoms with Gasteiger partial charge in [0, 0.05) is 31.4 Å². The largest absolute Gasteiger partial charge is 0.376 e. The van der Waals surface area contributed by atoms with Crippen LogP contribution in [-0.2, 0) is 11.2 Å². The average Bonchev–Trinajstić information content (AvgIpc) is 2.91. The Hall–Kier alpha value is -0.970. The monoisotopic (exact) mass is 275 g/mol. The highest BCUT2D eigenvalue weighted by Gasteiger charge is 2.41. The Morgan fingerprint density at radius 1 is 1.35 bits per heavy atom. The van der Waals surface area contributed by atoms with Crippen LogP contribution in [0.5, 0.6) is 0 Å². The Kier molecular flexibility index (Phi) is 4.34. The summed E-state index contributed by atoms with van der Waals surface area (Å²) in [6.45, 7) is 5.09. The minimum absolute atomic E-state index is 0.301. The van der Waals surface area contributed by atoms with Gasteiger partial charge in [-0.05, 0) is 49.9 Å². The Labute approximate surface area is 121 Å². The topological polar surface area (TPSA) is 51.4 Å². The van der Waals surface area contributed by atoms with E-state index >= 15 is 0 Å². The molecule has 2 aliphatic rings.